The second kappa shape index (κ2) is 11.0. The molecule has 4 aromatic rings. The molecule has 0 saturated heterocycles. The number of halogens is 1. The van der Waals surface area contributed by atoms with E-state index in [0.29, 0.717) is 16.7 Å². The van der Waals surface area contributed by atoms with Crippen molar-refractivity contribution in [2.45, 2.75) is 23.9 Å². The number of anilines is 2. The van der Waals surface area contributed by atoms with Crippen molar-refractivity contribution < 1.29 is 13.2 Å². The van der Waals surface area contributed by atoms with E-state index >= 15 is 0 Å². The second-order valence-electron chi connectivity index (χ2n) is 8.16. The molecule has 0 aliphatic carbocycles. The average Bonchev–Trinajstić information content (AvgIpc) is 3.20. The van der Waals surface area contributed by atoms with Gasteiger partial charge in [0.1, 0.15) is 0 Å². The van der Waals surface area contributed by atoms with Crippen LogP contribution in [0.1, 0.15) is 11.1 Å². The first-order valence-corrected chi connectivity index (χ1v) is 14.5. The van der Waals surface area contributed by atoms with Crippen LogP contribution in [0.15, 0.2) is 76.8 Å². The van der Waals surface area contributed by atoms with E-state index in [1.165, 1.54) is 11.8 Å². The van der Waals surface area contributed by atoms with Gasteiger partial charge >= 0.3 is 0 Å². The Kier molecular flexibility index (Phi) is 8.00. The lowest BCUT2D eigenvalue weighted by Crippen LogP contribution is -2.15. The first-order valence-electron chi connectivity index (χ1n) is 10.9. The van der Waals surface area contributed by atoms with Crippen molar-refractivity contribution in [3.63, 3.8) is 0 Å². The number of amides is 1. The SMILES string of the molecule is Cc1ccc(S(=O)(=O)Nc2ccc(-c3nnc(SCC(=O)Nc4ccc(I)cc4C)n3C)cc2)cc1. The van der Waals surface area contributed by atoms with E-state index in [1.807, 2.05) is 39.1 Å². The molecule has 11 heteroatoms. The molecule has 8 nitrogen and oxygen atoms in total. The van der Waals surface area contributed by atoms with Crippen molar-refractivity contribution in [2.75, 3.05) is 15.8 Å². The molecular weight excluding hydrogens is 609 g/mol. The number of carbonyl (C=O) groups excluding carboxylic acids is 1. The summed E-state index contributed by atoms with van der Waals surface area (Å²) in [5, 5.41) is 12.0. The molecule has 0 fully saturated rings. The molecule has 0 radical (unpaired) electrons. The first-order chi connectivity index (χ1) is 17.1. The fraction of sp³-hybridized carbons (Fsp3) is 0.160. The van der Waals surface area contributed by atoms with Gasteiger partial charge in [-0.25, -0.2) is 8.42 Å². The summed E-state index contributed by atoms with van der Waals surface area (Å²) < 4.78 is 30.8. The van der Waals surface area contributed by atoms with Crippen LogP contribution in [0.2, 0.25) is 0 Å². The molecule has 0 spiro atoms. The van der Waals surface area contributed by atoms with Gasteiger partial charge in [0, 0.05) is 27.6 Å². The normalized spacial score (nSPS) is 11.3. The molecule has 1 amide bonds. The molecule has 4 rings (SSSR count). The number of rotatable bonds is 8. The lowest BCUT2D eigenvalue weighted by molar-refractivity contribution is -0.113. The topological polar surface area (TPSA) is 106 Å². The molecule has 2 N–H and O–H groups in total. The van der Waals surface area contributed by atoms with Gasteiger partial charge in [0.15, 0.2) is 11.0 Å². The van der Waals surface area contributed by atoms with E-state index in [0.717, 1.165) is 25.9 Å². The molecular formula is C25H24IN5O3S2. The molecule has 1 aromatic heterocycles. The smallest absolute Gasteiger partial charge is 0.261 e. The number of aromatic nitrogens is 3. The van der Waals surface area contributed by atoms with Gasteiger partial charge < -0.3 is 9.88 Å². The number of carbonyl (C=O) groups is 1. The van der Waals surface area contributed by atoms with Gasteiger partial charge in [-0.3, -0.25) is 9.52 Å². The molecule has 0 bridgehead atoms. The number of aryl methyl sites for hydroxylation is 2. The monoisotopic (exact) mass is 633 g/mol. The van der Waals surface area contributed by atoms with Gasteiger partial charge in [0.2, 0.25) is 5.91 Å². The predicted octanol–water partition coefficient (Wildman–Crippen LogP) is 5.24. The zero-order valence-corrected chi connectivity index (χ0v) is 23.6. The fourth-order valence-electron chi connectivity index (χ4n) is 3.39. The van der Waals surface area contributed by atoms with Gasteiger partial charge in [-0.1, -0.05) is 29.5 Å². The van der Waals surface area contributed by atoms with E-state index in [2.05, 4.69) is 42.8 Å². The minimum absolute atomic E-state index is 0.126. The zero-order valence-electron chi connectivity index (χ0n) is 19.8. The Balaban J connectivity index is 1.39. The molecule has 36 heavy (non-hydrogen) atoms. The van der Waals surface area contributed by atoms with Crippen LogP contribution >= 0.6 is 34.4 Å². The van der Waals surface area contributed by atoms with E-state index in [4.69, 9.17) is 0 Å². The van der Waals surface area contributed by atoms with Crippen LogP contribution in [0, 0.1) is 17.4 Å². The quantitative estimate of drug-likeness (QED) is 0.203. The Hall–Kier alpha value is -2.90. The maximum absolute atomic E-state index is 12.6. The molecule has 1 heterocycles. The number of hydrogen-bond acceptors (Lipinski definition) is 6. The summed E-state index contributed by atoms with van der Waals surface area (Å²) in [4.78, 5) is 12.6. The molecule has 0 aliphatic rings. The van der Waals surface area contributed by atoms with Gasteiger partial charge in [0.05, 0.1) is 10.6 Å². The maximum Gasteiger partial charge on any atom is 0.261 e. The van der Waals surface area contributed by atoms with E-state index in [1.54, 1.807) is 53.1 Å². The van der Waals surface area contributed by atoms with Crippen molar-refractivity contribution in [3.8, 4) is 11.4 Å². The third-order valence-electron chi connectivity index (χ3n) is 5.36. The van der Waals surface area contributed by atoms with E-state index in [9.17, 15) is 13.2 Å². The standard InChI is InChI=1S/C25H24IN5O3S2/c1-16-4-11-21(12-5-16)36(33,34)30-20-9-6-18(7-10-20)24-28-29-25(31(24)3)35-15-23(32)27-22-13-8-19(26)14-17(22)2/h4-14,30H,15H2,1-3H3,(H,27,32). The second-order valence-corrected chi connectivity index (χ2v) is 12.0. The van der Waals surface area contributed by atoms with E-state index < -0.39 is 10.0 Å². The minimum atomic E-state index is -3.68. The Morgan fingerprint density at radius 3 is 2.36 bits per heavy atom. The lowest BCUT2D eigenvalue weighted by Gasteiger charge is -2.10. The van der Waals surface area contributed by atoms with Crippen LogP contribution in [0.4, 0.5) is 11.4 Å². The van der Waals surface area contributed by atoms with Crippen LogP contribution in [-0.4, -0.2) is 34.8 Å². The highest BCUT2D eigenvalue weighted by Crippen LogP contribution is 2.25. The summed E-state index contributed by atoms with van der Waals surface area (Å²) in [5.41, 5.74) is 4.00. The maximum atomic E-state index is 12.6. The number of benzene rings is 3. The van der Waals surface area contributed by atoms with Crippen molar-refractivity contribution in [3.05, 3.63) is 81.4 Å². The molecule has 186 valence electrons. The Morgan fingerprint density at radius 2 is 1.69 bits per heavy atom. The zero-order chi connectivity index (χ0) is 25.9. The van der Waals surface area contributed by atoms with E-state index in [-0.39, 0.29) is 16.6 Å². The summed E-state index contributed by atoms with van der Waals surface area (Å²) in [7, 11) is -1.85. The number of hydrogen-bond donors (Lipinski definition) is 2. The van der Waals surface area contributed by atoms with Gasteiger partial charge in [-0.15, -0.1) is 10.2 Å². The highest BCUT2D eigenvalue weighted by Gasteiger charge is 2.16. The highest BCUT2D eigenvalue weighted by atomic mass is 127. The molecule has 0 atom stereocenters. The van der Waals surface area contributed by atoms with Crippen LogP contribution < -0.4 is 10.0 Å². The lowest BCUT2D eigenvalue weighted by atomic mass is 10.2. The summed E-state index contributed by atoms with van der Waals surface area (Å²) in [6, 6.07) is 19.4. The van der Waals surface area contributed by atoms with Crippen LogP contribution in [-0.2, 0) is 21.9 Å². The average molecular weight is 634 g/mol. The van der Waals surface area contributed by atoms with Gasteiger partial charge in [-0.05, 0) is 96.6 Å². The van der Waals surface area contributed by atoms with Crippen molar-refractivity contribution in [1.29, 1.82) is 0 Å². The van der Waals surface area contributed by atoms with Crippen LogP contribution in [0.3, 0.4) is 0 Å². The Bertz CT molecular complexity index is 1500. The predicted molar refractivity (Wildman–Crippen MR) is 152 cm³/mol. The third-order valence-corrected chi connectivity index (χ3v) is 8.44. The summed E-state index contributed by atoms with van der Waals surface area (Å²) >= 11 is 3.53. The summed E-state index contributed by atoms with van der Waals surface area (Å²) in [6.07, 6.45) is 0. The number of sulfonamides is 1. The molecule has 0 unspecified atom stereocenters. The number of nitrogens with zero attached hydrogens (tertiary/aromatic N) is 3. The molecule has 0 aliphatic heterocycles. The van der Waals surface area contributed by atoms with Gasteiger partial charge in [-0.2, -0.15) is 0 Å². The largest absolute Gasteiger partial charge is 0.325 e. The minimum Gasteiger partial charge on any atom is -0.325 e. The number of thioether (sulfide) groups is 1. The Morgan fingerprint density at radius 1 is 1.00 bits per heavy atom. The van der Waals surface area contributed by atoms with Crippen LogP contribution in [0.5, 0.6) is 0 Å². The number of nitrogens with one attached hydrogen (secondary N) is 2. The van der Waals surface area contributed by atoms with Crippen molar-refractivity contribution in [1.82, 2.24) is 14.8 Å². The fourth-order valence-corrected chi connectivity index (χ4v) is 5.81. The van der Waals surface area contributed by atoms with Gasteiger partial charge in [0.25, 0.3) is 10.0 Å². The summed E-state index contributed by atoms with van der Waals surface area (Å²) in [6.45, 7) is 3.86. The highest BCUT2D eigenvalue weighted by molar-refractivity contribution is 14.1. The van der Waals surface area contributed by atoms with Crippen LogP contribution in [0.25, 0.3) is 11.4 Å². The molecule has 3 aromatic carbocycles. The first kappa shape index (κ1) is 26.2. The third kappa shape index (κ3) is 6.26. The van der Waals surface area contributed by atoms with Crippen molar-refractivity contribution in [2.24, 2.45) is 7.05 Å². The van der Waals surface area contributed by atoms with Crippen molar-refractivity contribution >= 4 is 61.7 Å². The molecule has 0 saturated carbocycles. The Labute approximate surface area is 228 Å². The summed E-state index contributed by atoms with van der Waals surface area (Å²) in [5.74, 6) is 0.676.